The number of esters is 1. The third-order valence-electron chi connectivity index (χ3n) is 3.54. The molecule has 0 aromatic carbocycles. The molecule has 86 valence electrons. The van der Waals surface area contributed by atoms with Crippen LogP contribution in [0.25, 0.3) is 0 Å². The van der Waals surface area contributed by atoms with Crippen molar-refractivity contribution in [2.75, 3.05) is 0 Å². The zero-order valence-electron chi connectivity index (χ0n) is 10.0. The first-order valence-electron chi connectivity index (χ1n) is 5.87. The van der Waals surface area contributed by atoms with Gasteiger partial charge in [-0.05, 0) is 37.0 Å². The van der Waals surface area contributed by atoms with Gasteiger partial charge in [0.2, 0.25) is 0 Å². The molecule has 2 nitrogen and oxygen atoms in total. The van der Waals surface area contributed by atoms with Gasteiger partial charge in [0.1, 0.15) is 6.10 Å². The van der Waals surface area contributed by atoms with E-state index >= 15 is 0 Å². The monoisotopic (exact) mass is 210 g/mol. The third-order valence-corrected chi connectivity index (χ3v) is 3.54. The summed E-state index contributed by atoms with van der Waals surface area (Å²) in [5.74, 6) is 1.59. The Bertz CT molecular complexity index is 233. The minimum Gasteiger partial charge on any atom is -0.459 e. The predicted octanol–water partition coefficient (Wildman–Crippen LogP) is 3.18. The van der Waals surface area contributed by atoms with E-state index in [4.69, 9.17) is 4.74 Å². The number of rotatable bonds is 3. The molecule has 0 unspecified atom stereocenters. The second kappa shape index (κ2) is 5.34. The lowest BCUT2D eigenvalue weighted by atomic mass is 9.76. The molecule has 0 aromatic heterocycles. The first-order valence-corrected chi connectivity index (χ1v) is 5.87. The first-order chi connectivity index (χ1) is 7.04. The summed E-state index contributed by atoms with van der Waals surface area (Å²) in [6.07, 6.45) is 4.79. The molecule has 1 saturated carbocycles. The number of hydrogen-bond acceptors (Lipinski definition) is 2. The van der Waals surface area contributed by atoms with Crippen molar-refractivity contribution in [3.63, 3.8) is 0 Å². The third kappa shape index (κ3) is 3.37. The van der Waals surface area contributed by atoms with E-state index in [0.717, 1.165) is 12.8 Å². The molecule has 1 aliphatic rings. The van der Waals surface area contributed by atoms with Crippen LogP contribution < -0.4 is 0 Å². The van der Waals surface area contributed by atoms with E-state index in [1.807, 2.05) is 0 Å². The van der Waals surface area contributed by atoms with E-state index in [9.17, 15) is 4.79 Å². The molecule has 0 aliphatic heterocycles. The smallest absolute Gasteiger partial charge is 0.330 e. The van der Waals surface area contributed by atoms with Gasteiger partial charge in [0.15, 0.2) is 0 Å². The fourth-order valence-corrected chi connectivity index (χ4v) is 2.28. The molecule has 0 saturated heterocycles. The quantitative estimate of drug-likeness (QED) is 0.528. The van der Waals surface area contributed by atoms with Crippen LogP contribution in [0.3, 0.4) is 0 Å². The molecule has 0 amide bonds. The maximum absolute atomic E-state index is 11.2. The second-order valence-corrected chi connectivity index (χ2v) is 4.97. The van der Waals surface area contributed by atoms with Crippen LogP contribution in [0.2, 0.25) is 0 Å². The van der Waals surface area contributed by atoms with Crippen LogP contribution in [0.4, 0.5) is 0 Å². The van der Waals surface area contributed by atoms with Crippen LogP contribution in [0.5, 0.6) is 0 Å². The Hall–Kier alpha value is -0.790. The molecular formula is C13H22O2. The lowest BCUT2D eigenvalue weighted by Crippen LogP contribution is -2.33. The second-order valence-electron chi connectivity index (χ2n) is 4.97. The zero-order chi connectivity index (χ0) is 11.4. The van der Waals surface area contributed by atoms with Gasteiger partial charge in [-0.1, -0.05) is 27.4 Å². The minimum absolute atomic E-state index is 0.0941. The summed E-state index contributed by atoms with van der Waals surface area (Å²) in [6, 6.07) is 0. The summed E-state index contributed by atoms with van der Waals surface area (Å²) in [6.45, 7) is 10.1. The van der Waals surface area contributed by atoms with Gasteiger partial charge >= 0.3 is 5.97 Å². The van der Waals surface area contributed by atoms with Crippen LogP contribution in [0.15, 0.2) is 12.7 Å². The Labute approximate surface area is 92.7 Å². The lowest BCUT2D eigenvalue weighted by molar-refractivity contribution is -0.148. The molecule has 3 atom stereocenters. The van der Waals surface area contributed by atoms with Gasteiger partial charge in [0, 0.05) is 6.08 Å². The van der Waals surface area contributed by atoms with Crippen molar-refractivity contribution >= 4 is 5.97 Å². The largest absolute Gasteiger partial charge is 0.459 e. The normalized spacial score (nSPS) is 31.3. The molecule has 1 fully saturated rings. The van der Waals surface area contributed by atoms with Crippen molar-refractivity contribution in [2.24, 2.45) is 17.8 Å². The Morgan fingerprint density at radius 1 is 1.47 bits per heavy atom. The molecule has 0 spiro atoms. The minimum atomic E-state index is -0.281. The summed E-state index contributed by atoms with van der Waals surface area (Å²) < 4.78 is 5.38. The van der Waals surface area contributed by atoms with Crippen LogP contribution in [-0.4, -0.2) is 12.1 Å². The van der Waals surface area contributed by atoms with Gasteiger partial charge in [-0.2, -0.15) is 0 Å². The van der Waals surface area contributed by atoms with Crippen molar-refractivity contribution < 1.29 is 9.53 Å². The molecule has 2 heteroatoms. The number of carbonyl (C=O) groups is 1. The van der Waals surface area contributed by atoms with Crippen LogP contribution in [-0.2, 0) is 9.53 Å². The molecule has 15 heavy (non-hydrogen) atoms. The van der Waals surface area contributed by atoms with E-state index in [-0.39, 0.29) is 12.1 Å². The molecule has 0 bridgehead atoms. The van der Waals surface area contributed by atoms with Crippen LogP contribution in [0, 0.1) is 17.8 Å². The first kappa shape index (κ1) is 12.3. The number of carbonyl (C=O) groups excluding carboxylic acids is 1. The van der Waals surface area contributed by atoms with E-state index in [0.29, 0.717) is 17.8 Å². The van der Waals surface area contributed by atoms with Crippen molar-refractivity contribution in [3.05, 3.63) is 12.7 Å². The molecule has 0 heterocycles. The highest BCUT2D eigenvalue weighted by Crippen LogP contribution is 2.34. The Balaban J connectivity index is 2.53. The molecule has 0 radical (unpaired) electrons. The summed E-state index contributed by atoms with van der Waals surface area (Å²) in [5, 5.41) is 0. The highest BCUT2D eigenvalue weighted by atomic mass is 16.5. The van der Waals surface area contributed by atoms with Gasteiger partial charge < -0.3 is 4.74 Å². The van der Waals surface area contributed by atoms with E-state index < -0.39 is 0 Å². The predicted molar refractivity (Wildman–Crippen MR) is 61.4 cm³/mol. The average Bonchev–Trinajstić information content (AvgIpc) is 2.20. The van der Waals surface area contributed by atoms with E-state index in [1.54, 1.807) is 0 Å². The van der Waals surface area contributed by atoms with Gasteiger partial charge in [-0.15, -0.1) is 0 Å². The summed E-state index contributed by atoms with van der Waals surface area (Å²) in [5.41, 5.74) is 0. The summed E-state index contributed by atoms with van der Waals surface area (Å²) >= 11 is 0. The van der Waals surface area contributed by atoms with Crippen molar-refractivity contribution in [2.45, 2.75) is 46.1 Å². The highest BCUT2D eigenvalue weighted by molar-refractivity contribution is 5.81. The Kier molecular flexibility index (Phi) is 4.37. The van der Waals surface area contributed by atoms with Gasteiger partial charge in [-0.3, -0.25) is 0 Å². The van der Waals surface area contributed by atoms with Crippen molar-refractivity contribution in [1.29, 1.82) is 0 Å². The summed E-state index contributed by atoms with van der Waals surface area (Å²) in [4.78, 5) is 11.2. The standard InChI is InChI=1S/C13H22O2/c1-5-13(14)15-12-8-11(9(2)3)7-6-10(12)4/h5,9-12H,1,6-8H2,2-4H3/t10-,11-,12-/m0/s1. The Morgan fingerprint density at radius 2 is 2.13 bits per heavy atom. The van der Waals surface area contributed by atoms with Crippen molar-refractivity contribution in [3.8, 4) is 0 Å². The number of hydrogen-bond donors (Lipinski definition) is 0. The molecule has 0 aromatic rings. The van der Waals surface area contributed by atoms with Crippen LogP contribution >= 0.6 is 0 Å². The number of ether oxygens (including phenoxy) is 1. The topological polar surface area (TPSA) is 26.3 Å². The Morgan fingerprint density at radius 3 is 2.67 bits per heavy atom. The van der Waals surface area contributed by atoms with Gasteiger partial charge in [-0.25, -0.2) is 4.79 Å². The lowest BCUT2D eigenvalue weighted by Gasteiger charge is -2.35. The molecule has 1 rings (SSSR count). The van der Waals surface area contributed by atoms with Crippen molar-refractivity contribution in [1.82, 2.24) is 0 Å². The maximum Gasteiger partial charge on any atom is 0.330 e. The fraction of sp³-hybridized carbons (Fsp3) is 0.769. The zero-order valence-corrected chi connectivity index (χ0v) is 10.0. The molecular weight excluding hydrogens is 188 g/mol. The highest BCUT2D eigenvalue weighted by Gasteiger charge is 2.31. The molecule has 0 N–H and O–H groups in total. The van der Waals surface area contributed by atoms with Gasteiger partial charge in [0.25, 0.3) is 0 Å². The van der Waals surface area contributed by atoms with Gasteiger partial charge in [0.05, 0.1) is 0 Å². The summed E-state index contributed by atoms with van der Waals surface area (Å²) in [7, 11) is 0. The maximum atomic E-state index is 11.2. The van der Waals surface area contributed by atoms with Crippen LogP contribution in [0.1, 0.15) is 40.0 Å². The SMILES string of the molecule is C=CC(=O)O[C@H]1C[C@@H](C(C)C)CC[C@@H]1C. The van der Waals surface area contributed by atoms with E-state index in [2.05, 4.69) is 27.4 Å². The van der Waals surface area contributed by atoms with E-state index in [1.165, 1.54) is 12.5 Å². The molecule has 1 aliphatic carbocycles. The fourth-order valence-electron chi connectivity index (χ4n) is 2.28. The average molecular weight is 210 g/mol.